The lowest BCUT2D eigenvalue weighted by atomic mass is 10.2. The zero-order valence-corrected chi connectivity index (χ0v) is 13.7. The van der Waals surface area contributed by atoms with Gasteiger partial charge in [0.2, 0.25) is 5.95 Å². The molecule has 0 radical (unpaired) electrons. The van der Waals surface area contributed by atoms with E-state index in [0.29, 0.717) is 29.8 Å². The highest BCUT2D eigenvalue weighted by Crippen LogP contribution is 2.24. The number of carbonyl (C=O) groups is 1. The van der Waals surface area contributed by atoms with Crippen LogP contribution in [0.5, 0.6) is 0 Å². The number of aromatic nitrogens is 3. The van der Waals surface area contributed by atoms with Crippen molar-refractivity contribution in [3.63, 3.8) is 0 Å². The molecule has 7 heteroatoms. The van der Waals surface area contributed by atoms with Crippen molar-refractivity contribution in [3.8, 4) is 0 Å². The first-order valence-corrected chi connectivity index (χ1v) is 8.18. The number of hydrogen-bond donors (Lipinski definition) is 1. The Morgan fingerprint density at radius 1 is 1.08 bits per heavy atom. The Morgan fingerprint density at radius 2 is 1.83 bits per heavy atom. The van der Waals surface area contributed by atoms with E-state index >= 15 is 0 Å². The summed E-state index contributed by atoms with van der Waals surface area (Å²) in [5, 5.41) is 1.57. The number of nitrogens with zero attached hydrogens (tertiary/aromatic N) is 4. The van der Waals surface area contributed by atoms with Crippen molar-refractivity contribution < 1.29 is 4.79 Å². The zero-order valence-electron chi connectivity index (χ0n) is 12.9. The fraction of sp³-hybridized carbons (Fsp3) is 0.235. The number of hydrogen-bond acceptors (Lipinski definition) is 4. The molecule has 3 heterocycles. The van der Waals surface area contributed by atoms with E-state index in [1.807, 2.05) is 29.2 Å². The van der Waals surface area contributed by atoms with Crippen molar-refractivity contribution in [2.45, 2.75) is 0 Å². The fourth-order valence-corrected chi connectivity index (χ4v) is 3.20. The van der Waals surface area contributed by atoms with Gasteiger partial charge in [0.05, 0.1) is 10.5 Å². The van der Waals surface area contributed by atoms with Crippen molar-refractivity contribution >= 4 is 34.4 Å². The normalized spacial score (nSPS) is 15.0. The number of para-hydroxylation sites is 1. The Morgan fingerprint density at radius 3 is 2.54 bits per heavy atom. The number of H-pyrrole nitrogens is 1. The van der Waals surface area contributed by atoms with E-state index in [1.54, 1.807) is 18.5 Å². The lowest BCUT2D eigenvalue weighted by Gasteiger charge is -2.34. The first-order valence-electron chi connectivity index (χ1n) is 7.81. The number of rotatable bonds is 2. The maximum atomic E-state index is 12.7. The van der Waals surface area contributed by atoms with Gasteiger partial charge >= 0.3 is 0 Å². The number of carbonyl (C=O) groups excluding carboxylic acids is 1. The van der Waals surface area contributed by atoms with Gasteiger partial charge in [-0.1, -0.05) is 23.7 Å². The molecule has 0 saturated carbocycles. The van der Waals surface area contributed by atoms with Crippen LogP contribution in [0.1, 0.15) is 10.5 Å². The maximum absolute atomic E-state index is 12.7. The van der Waals surface area contributed by atoms with Crippen molar-refractivity contribution in [1.82, 2.24) is 19.9 Å². The van der Waals surface area contributed by atoms with Gasteiger partial charge in [0.25, 0.3) is 5.91 Å². The van der Waals surface area contributed by atoms with E-state index in [2.05, 4.69) is 19.9 Å². The Bertz CT molecular complexity index is 871. The molecular weight excluding hydrogens is 326 g/mol. The van der Waals surface area contributed by atoms with Gasteiger partial charge in [-0.2, -0.15) is 0 Å². The summed E-state index contributed by atoms with van der Waals surface area (Å²) in [4.78, 5) is 28.3. The first-order chi connectivity index (χ1) is 11.7. The van der Waals surface area contributed by atoms with Gasteiger partial charge in [0.1, 0.15) is 5.69 Å². The number of amides is 1. The van der Waals surface area contributed by atoms with E-state index in [9.17, 15) is 4.79 Å². The van der Waals surface area contributed by atoms with Gasteiger partial charge in [0.15, 0.2) is 0 Å². The van der Waals surface area contributed by atoms with Gasteiger partial charge in [-0.05, 0) is 18.2 Å². The van der Waals surface area contributed by atoms with E-state index in [1.165, 1.54) is 0 Å². The number of fused-ring (bicyclic) bond motifs is 1. The van der Waals surface area contributed by atoms with Crippen molar-refractivity contribution in [1.29, 1.82) is 0 Å². The molecule has 0 spiro atoms. The Balaban J connectivity index is 1.48. The molecule has 6 nitrogen and oxygen atoms in total. The molecule has 122 valence electrons. The van der Waals surface area contributed by atoms with E-state index in [0.717, 1.165) is 24.0 Å². The van der Waals surface area contributed by atoms with Crippen LogP contribution in [0.25, 0.3) is 10.9 Å². The molecule has 3 aromatic rings. The monoisotopic (exact) mass is 341 g/mol. The van der Waals surface area contributed by atoms with Crippen LogP contribution in [-0.4, -0.2) is 51.9 Å². The smallest absolute Gasteiger partial charge is 0.270 e. The summed E-state index contributed by atoms with van der Waals surface area (Å²) in [5.74, 6) is 0.706. The number of benzene rings is 1. The van der Waals surface area contributed by atoms with E-state index in [-0.39, 0.29) is 5.91 Å². The summed E-state index contributed by atoms with van der Waals surface area (Å²) in [7, 11) is 0. The van der Waals surface area contributed by atoms with Crippen molar-refractivity contribution in [2.75, 3.05) is 31.1 Å². The number of nitrogens with one attached hydrogen (secondary N) is 1. The van der Waals surface area contributed by atoms with Crippen LogP contribution in [0, 0.1) is 0 Å². The standard InChI is InChI=1S/C17H16ClN5O/c18-13-4-1-3-12-11-14(21-15(12)13)16(24)22-7-9-23(10-8-22)17-19-5-2-6-20-17/h1-6,11,21H,7-10H2. The van der Waals surface area contributed by atoms with Crippen LogP contribution in [0.4, 0.5) is 5.95 Å². The van der Waals surface area contributed by atoms with Crippen LogP contribution in [0.15, 0.2) is 42.7 Å². The Hall–Kier alpha value is -2.60. The highest BCUT2D eigenvalue weighted by Gasteiger charge is 2.24. The van der Waals surface area contributed by atoms with Crippen LogP contribution >= 0.6 is 11.6 Å². The molecule has 1 fully saturated rings. The lowest BCUT2D eigenvalue weighted by Crippen LogP contribution is -2.49. The SMILES string of the molecule is O=C(c1cc2cccc(Cl)c2[nH]1)N1CCN(c2ncccn2)CC1. The van der Waals surface area contributed by atoms with E-state index < -0.39 is 0 Å². The second kappa shape index (κ2) is 6.13. The highest BCUT2D eigenvalue weighted by molar-refractivity contribution is 6.35. The summed E-state index contributed by atoms with van der Waals surface area (Å²) >= 11 is 6.17. The minimum absolute atomic E-state index is 0.00380. The van der Waals surface area contributed by atoms with Crippen LogP contribution in [0.2, 0.25) is 5.02 Å². The topological polar surface area (TPSA) is 65.1 Å². The van der Waals surface area contributed by atoms with Gasteiger partial charge in [-0.15, -0.1) is 0 Å². The Labute approximate surface area is 144 Å². The number of piperazine rings is 1. The second-order valence-corrected chi connectivity index (χ2v) is 6.12. The summed E-state index contributed by atoms with van der Waals surface area (Å²) < 4.78 is 0. The molecule has 2 aromatic heterocycles. The second-order valence-electron chi connectivity index (χ2n) is 5.72. The summed E-state index contributed by atoms with van der Waals surface area (Å²) in [5.41, 5.74) is 1.38. The van der Waals surface area contributed by atoms with Crippen LogP contribution < -0.4 is 4.90 Å². The van der Waals surface area contributed by atoms with Crippen LogP contribution in [0.3, 0.4) is 0 Å². The molecule has 0 aliphatic carbocycles. The number of halogens is 1. The van der Waals surface area contributed by atoms with Crippen molar-refractivity contribution in [2.24, 2.45) is 0 Å². The molecule has 1 aliphatic rings. The molecule has 1 aromatic carbocycles. The first kappa shape index (κ1) is 15.0. The molecule has 0 bridgehead atoms. The molecule has 1 amide bonds. The quantitative estimate of drug-likeness (QED) is 0.778. The summed E-state index contributed by atoms with van der Waals surface area (Å²) in [6.07, 6.45) is 3.46. The van der Waals surface area contributed by atoms with Gasteiger partial charge in [0, 0.05) is 44.0 Å². The summed E-state index contributed by atoms with van der Waals surface area (Å²) in [6, 6.07) is 9.29. The minimum Gasteiger partial charge on any atom is -0.349 e. The summed E-state index contributed by atoms with van der Waals surface area (Å²) in [6.45, 7) is 2.72. The zero-order chi connectivity index (χ0) is 16.5. The molecule has 24 heavy (non-hydrogen) atoms. The van der Waals surface area contributed by atoms with Gasteiger partial charge in [-0.25, -0.2) is 9.97 Å². The lowest BCUT2D eigenvalue weighted by molar-refractivity contribution is 0.0741. The number of aromatic amines is 1. The predicted molar refractivity (Wildman–Crippen MR) is 93.5 cm³/mol. The predicted octanol–water partition coefficient (Wildman–Crippen LogP) is 2.57. The van der Waals surface area contributed by atoms with Crippen LogP contribution in [-0.2, 0) is 0 Å². The molecular formula is C17H16ClN5O. The maximum Gasteiger partial charge on any atom is 0.270 e. The average Bonchev–Trinajstić information content (AvgIpc) is 3.08. The van der Waals surface area contributed by atoms with Gasteiger partial charge < -0.3 is 14.8 Å². The molecule has 0 unspecified atom stereocenters. The third-order valence-electron chi connectivity index (χ3n) is 4.24. The largest absolute Gasteiger partial charge is 0.349 e. The molecule has 1 saturated heterocycles. The van der Waals surface area contributed by atoms with E-state index in [4.69, 9.17) is 11.6 Å². The molecule has 4 rings (SSSR count). The minimum atomic E-state index is -0.00380. The molecule has 1 aliphatic heterocycles. The molecule has 1 N–H and O–H groups in total. The van der Waals surface area contributed by atoms with Crippen molar-refractivity contribution in [3.05, 3.63) is 53.4 Å². The number of anilines is 1. The third-order valence-corrected chi connectivity index (χ3v) is 4.55. The average molecular weight is 342 g/mol. The molecule has 0 atom stereocenters. The van der Waals surface area contributed by atoms with Gasteiger partial charge in [-0.3, -0.25) is 4.79 Å². The third kappa shape index (κ3) is 2.69. The fourth-order valence-electron chi connectivity index (χ4n) is 2.97. The highest BCUT2D eigenvalue weighted by atomic mass is 35.5. The Kier molecular flexibility index (Phi) is 3.82.